The van der Waals surface area contributed by atoms with Gasteiger partial charge in [-0.05, 0) is 37.6 Å². The molecular weight excluding hydrogens is 228 g/mol. The maximum absolute atomic E-state index is 9.95. The van der Waals surface area contributed by atoms with Crippen LogP contribution in [0.1, 0.15) is 11.1 Å². The Hall–Kier alpha value is -2.36. The highest BCUT2D eigenvalue weighted by Gasteiger charge is 2.10. The average molecular weight is 244 g/mol. The van der Waals surface area contributed by atoms with Crippen LogP contribution in [0.4, 0.5) is 17.1 Å². The lowest BCUT2D eigenvalue weighted by atomic mass is 10.1. The second-order valence-electron chi connectivity index (χ2n) is 4.27. The van der Waals surface area contributed by atoms with E-state index in [1.807, 2.05) is 19.1 Å². The Kier molecular flexibility index (Phi) is 3.02. The summed E-state index contributed by atoms with van der Waals surface area (Å²) in [4.78, 5) is 0. The molecule has 5 N–H and O–H groups in total. The Morgan fingerprint density at radius 3 is 2.50 bits per heavy atom. The van der Waals surface area contributed by atoms with Crippen LogP contribution >= 0.6 is 0 Å². The molecule has 2 aromatic rings. The zero-order chi connectivity index (χ0) is 13.3. The van der Waals surface area contributed by atoms with Gasteiger partial charge in [0.15, 0.2) is 5.75 Å². The largest absolute Gasteiger partial charge is 0.508 e. The minimum Gasteiger partial charge on any atom is -0.508 e. The third kappa shape index (κ3) is 2.05. The predicted molar refractivity (Wildman–Crippen MR) is 73.4 cm³/mol. The lowest BCUT2D eigenvalue weighted by Gasteiger charge is -2.15. The van der Waals surface area contributed by atoms with Crippen molar-refractivity contribution in [2.24, 2.45) is 0 Å². The molecule has 0 heterocycles. The summed E-state index contributed by atoms with van der Waals surface area (Å²) in [5.74, 6) is 0.235. The van der Waals surface area contributed by atoms with E-state index in [4.69, 9.17) is 5.73 Å². The number of hydrogen-bond acceptors (Lipinski definition) is 4. The first-order valence-corrected chi connectivity index (χ1v) is 5.64. The molecule has 18 heavy (non-hydrogen) atoms. The van der Waals surface area contributed by atoms with Gasteiger partial charge in [-0.1, -0.05) is 12.1 Å². The van der Waals surface area contributed by atoms with E-state index in [1.165, 1.54) is 0 Å². The summed E-state index contributed by atoms with van der Waals surface area (Å²) in [5.41, 5.74) is 8.89. The standard InChI is InChI=1S/C14H16N2O2/c1-8-6-7-10(15)14(18)13(8)16-11-4-3-5-12(17)9(11)2/h3-7,16-18H,15H2,1-2H3. The summed E-state index contributed by atoms with van der Waals surface area (Å²) in [5, 5.41) is 22.7. The third-order valence-electron chi connectivity index (χ3n) is 2.98. The second kappa shape index (κ2) is 4.49. The van der Waals surface area contributed by atoms with Crippen molar-refractivity contribution < 1.29 is 10.2 Å². The van der Waals surface area contributed by atoms with Gasteiger partial charge >= 0.3 is 0 Å². The first-order valence-electron chi connectivity index (χ1n) is 5.64. The zero-order valence-electron chi connectivity index (χ0n) is 10.4. The number of nitrogens with two attached hydrogens (primary N) is 1. The molecule has 0 bridgehead atoms. The van der Waals surface area contributed by atoms with Gasteiger partial charge in [0.2, 0.25) is 0 Å². The van der Waals surface area contributed by atoms with Crippen LogP contribution in [0.2, 0.25) is 0 Å². The second-order valence-corrected chi connectivity index (χ2v) is 4.27. The molecule has 2 rings (SSSR count). The molecule has 0 atom stereocenters. The molecule has 0 aliphatic rings. The quantitative estimate of drug-likeness (QED) is 0.483. The highest BCUT2D eigenvalue weighted by molar-refractivity contribution is 5.77. The molecule has 0 spiro atoms. The number of rotatable bonds is 2. The molecule has 0 aliphatic heterocycles. The Morgan fingerprint density at radius 1 is 1.06 bits per heavy atom. The SMILES string of the molecule is Cc1ccc(N)c(O)c1Nc1cccc(O)c1C. The Labute approximate surface area is 106 Å². The van der Waals surface area contributed by atoms with Gasteiger partial charge in [0, 0.05) is 11.3 Å². The maximum Gasteiger partial charge on any atom is 0.162 e. The molecule has 0 aromatic heterocycles. The molecular formula is C14H16N2O2. The Balaban J connectivity index is 2.46. The minimum atomic E-state index is 0.0257. The lowest BCUT2D eigenvalue weighted by Crippen LogP contribution is -1.98. The van der Waals surface area contributed by atoms with E-state index in [1.54, 1.807) is 25.1 Å². The number of aryl methyl sites for hydroxylation is 1. The monoisotopic (exact) mass is 244 g/mol. The van der Waals surface area contributed by atoms with Crippen molar-refractivity contribution in [1.29, 1.82) is 0 Å². The number of phenolic OH excluding ortho intramolecular Hbond substituents is 2. The van der Waals surface area contributed by atoms with E-state index in [0.29, 0.717) is 11.4 Å². The first-order chi connectivity index (χ1) is 8.50. The van der Waals surface area contributed by atoms with Gasteiger partial charge in [-0.25, -0.2) is 0 Å². The molecule has 0 fully saturated rings. The maximum atomic E-state index is 9.95. The van der Waals surface area contributed by atoms with E-state index in [0.717, 1.165) is 16.8 Å². The van der Waals surface area contributed by atoms with Crippen molar-refractivity contribution >= 4 is 17.1 Å². The highest BCUT2D eigenvalue weighted by atomic mass is 16.3. The molecule has 4 nitrogen and oxygen atoms in total. The number of nitrogen functional groups attached to an aromatic ring is 1. The highest BCUT2D eigenvalue weighted by Crippen LogP contribution is 2.36. The fourth-order valence-corrected chi connectivity index (χ4v) is 1.76. The van der Waals surface area contributed by atoms with E-state index < -0.39 is 0 Å². The van der Waals surface area contributed by atoms with Crippen molar-refractivity contribution in [3.05, 3.63) is 41.5 Å². The molecule has 0 radical (unpaired) electrons. The van der Waals surface area contributed by atoms with E-state index in [-0.39, 0.29) is 11.5 Å². The first kappa shape index (κ1) is 12.1. The van der Waals surface area contributed by atoms with Crippen LogP contribution in [0.25, 0.3) is 0 Å². The van der Waals surface area contributed by atoms with Crippen molar-refractivity contribution in [2.45, 2.75) is 13.8 Å². The fraction of sp³-hybridized carbons (Fsp3) is 0.143. The summed E-state index contributed by atoms with van der Waals surface area (Å²) in [6, 6.07) is 8.67. The van der Waals surface area contributed by atoms with Crippen LogP contribution in [0, 0.1) is 13.8 Å². The average Bonchev–Trinajstić information content (AvgIpc) is 2.35. The number of hydrogen-bond donors (Lipinski definition) is 4. The summed E-state index contributed by atoms with van der Waals surface area (Å²) < 4.78 is 0. The van der Waals surface area contributed by atoms with Gasteiger partial charge in [-0.15, -0.1) is 0 Å². The molecule has 0 saturated carbocycles. The van der Waals surface area contributed by atoms with Gasteiger partial charge in [0.25, 0.3) is 0 Å². The van der Waals surface area contributed by atoms with E-state index >= 15 is 0 Å². The van der Waals surface area contributed by atoms with E-state index in [2.05, 4.69) is 5.32 Å². The van der Waals surface area contributed by atoms with Gasteiger partial charge in [0.1, 0.15) is 5.75 Å². The van der Waals surface area contributed by atoms with Gasteiger partial charge in [-0.3, -0.25) is 0 Å². The number of phenols is 2. The number of anilines is 3. The van der Waals surface area contributed by atoms with Gasteiger partial charge in [-0.2, -0.15) is 0 Å². The van der Waals surface area contributed by atoms with Crippen molar-refractivity contribution in [3.8, 4) is 11.5 Å². The number of aromatic hydroxyl groups is 2. The van der Waals surface area contributed by atoms with Gasteiger partial charge in [0.05, 0.1) is 11.4 Å². The van der Waals surface area contributed by atoms with Gasteiger partial charge < -0.3 is 21.3 Å². The van der Waals surface area contributed by atoms with Crippen LogP contribution in [-0.2, 0) is 0 Å². The summed E-state index contributed by atoms with van der Waals surface area (Å²) in [6.07, 6.45) is 0. The molecule has 0 saturated heterocycles. The molecule has 0 amide bonds. The minimum absolute atomic E-state index is 0.0257. The molecule has 0 unspecified atom stereocenters. The van der Waals surface area contributed by atoms with E-state index in [9.17, 15) is 10.2 Å². The third-order valence-corrected chi connectivity index (χ3v) is 2.98. The summed E-state index contributed by atoms with van der Waals surface area (Å²) >= 11 is 0. The number of benzene rings is 2. The molecule has 2 aromatic carbocycles. The molecule has 0 aliphatic carbocycles. The van der Waals surface area contributed by atoms with Crippen molar-refractivity contribution in [3.63, 3.8) is 0 Å². The smallest absolute Gasteiger partial charge is 0.162 e. The lowest BCUT2D eigenvalue weighted by molar-refractivity contribution is 0.471. The van der Waals surface area contributed by atoms with Crippen LogP contribution in [0.3, 0.4) is 0 Å². The Bertz CT molecular complexity index is 595. The zero-order valence-corrected chi connectivity index (χ0v) is 10.4. The van der Waals surface area contributed by atoms with Crippen molar-refractivity contribution in [1.82, 2.24) is 0 Å². The summed E-state index contributed by atoms with van der Waals surface area (Å²) in [7, 11) is 0. The van der Waals surface area contributed by atoms with Crippen LogP contribution < -0.4 is 11.1 Å². The van der Waals surface area contributed by atoms with Crippen LogP contribution in [-0.4, -0.2) is 10.2 Å². The topological polar surface area (TPSA) is 78.5 Å². The van der Waals surface area contributed by atoms with Crippen molar-refractivity contribution in [2.75, 3.05) is 11.1 Å². The summed E-state index contributed by atoms with van der Waals surface area (Å²) in [6.45, 7) is 3.68. The Morgan fingerprint density at radius 2 is 1.78 bits per heavy atom. The molecule has 94 valence electrons. The number of nitrogens with one attached hydrogen (secondary N) is 1. The normalized spacial score (nSPS) is 10.3. The van der Waals surface area contributed by atoms with Crippen LogP contribution in [0.15, 0.2) is 30.3 Å². The molecule has 4 heteroatoms. The predicted octanol–water partition coefficient (Wildman–Crippen LogP) is 3.04. The fourth-order valence-electron chi connectivity index (χ4n) is 1.76. The van der Waals surface area contributed by atoms with Crippen LogP contribution in [0.5, 0.6) is 11.5 Å².